The lowest BCUT2D eigenvalue weighted by Gasteiger charge is -2.30. The van der Waals surface area contributed by atoms with Crippen molar-refractivity contribution in [2.45, 2.75) is 26.9 Å². The molecule has 0 unspecified atom stereocenters. The van der Waals surface area contributed by atoms with E-state index in [1.807, 2.05) is 26.0 Å². The van der Waals surface area contributed by atoms with Crippen LogP contribution in [0, 0.1) is 6.92 Å². The highest BCUT2D eigenvalue weighted by atomic mass is 35.5. The second kappa shape index (κ2) is 8.12. The van der Waals surface area contributed by atoms with Crippen molar-refractivity contribution in [1.82, 2.24) is 5.32 Å². The average molecular weight is 415 g/mol. The number of rotatable bonds is 4. The molecule has 1 N–H and O–H groups in total. The number of ether oxygens (including phenoxy) is 1. The maximum atomic E-state index is 13.2. The largest absolute Gasteiger partial charge is 0.490 e. The summed E-state index contributed by atoms with van der Waals surface area (Å²) in [5.74, 6) is -0.479. The number of nitrogens with one attached hydrogen (secondary N) is 1. The fraction of sp³-hybridized carbons (Fsp3) is 0.190. The van der Waals surface area contributed by atoms with Gasteiger partial charge < -0.3 is 4.74 Å². The molecule has 0 saturated carbocycles. The van der Waals surface area contributed by atoms with Crippen LogP contribution in [0.3, 0.4) is 0 Å². The zero-order valence-corrected chi connectivity index (χ0v) is 17.2. The van der Waals surface area contributed by atoms with E-state index in [9.17, 15) is 9.59 Å². The summed E-state index contributed by atoms with van der Waals surface area (Å²) in [7, 11) is 0. The van der Waals surface area contributed by atoms with Crippen LogP contribution in [0.25, 0.3) is 6.08 Å². The Morgan fingerprint density at radius 3 is 2.57 bits per heavy atom. The van der Waals surface area contributed by atoms with Crippen LogP contribution in [-0.2, 0) is 9.59 Å². The number of benzene rings is 2. The smallest absolute Gasteiger partial charge is 0.270 e. The summed E-state index contributed by atoms with van der Waals surface area (Å²) in [6.07, 6.45) is 1.47. The number of hydrogen-bond donors (Lipinski definition) is 1. The Bertz CT molecular complexity index is 1000. The fourth-order valence-electron chi connectivity index (χ4n) is 2.83. The van der Waals surface area contributed by atoms with Gasteiger partial charge in [0.1, 0.15) is 11.3 Å². The predicted molar refractivity (Wildman–Crippen MR) is 115 cm³/mol. The highest BCUT2D eigenvalue weighted by Gasteiger charge is 2.35. The fourth-order valence-corrected chi connectivity index (χ4v) is 3.27. The van der Waals surface area contributed by atoms with Gasteiger partial charge in [-0.1, -0.05) is 35.9 Å². The van der Waals surface area contributed by atoms with Gasteiger partial charge in [0.05, 0.1) is 11.8 Å². The van der Waals surface area contributed by atoms with Crippen molar-refractivity contribution in [3.63, 3.8) is 0 Å². The summed E-state index contributed by atoms with van der Waals surface area (Å²) in [5, 5.41) is 3.10. The minimum atomic E-state index is -0.551. The normalized spacial score (nSPS) is 16.0. The van der Waals surface area contributed by atoms with Crippen molar-refractivity contribution >= 4 is 52.5 Å². The molecule has 2 aromatic carbocycles. The van der Waals surface area contributed by atoms with Crippen molar-refractivity contribution in [3.05, 3.63) is 64.2 Å². The standard InChI is InChI=1S/C21H19ClN2O3S/c1-12(2)27-18-10-5-4-7-14(18)11-15-19(25)23-21(28)24(20(15)26)17-9-6-8-16(22)13(17)3/h4-12H,1-3H3,(H,23,25,28)/b15-11+. The summed E-state index contributed by atoms with van der Waals surface area (Å²) < 4.78 is 5.78. The molecule has 0 spiro atoms. The number of thiocarbonyl (C=S) groups is 1. The third-order valence-electron chi connectivity index (χ3n) is 4.16. The van der Waals surface area contributed by atoms with Crippen LogP contribution in [0.1, 0.15) is 25.0 Å². The van der Waals surface area contributed by atoms with Gasteiger partial charge in [0.25, 0.3) is 11.8 Å². The third-order valence-corrected chi connectivity index (χ3v) is 4.86. The molecule has 5 nitrogen and oxygen atoms in total. The number of nitrogens with zero attached hydrogens (tertiary/aromatic N) is 1. The molecular weight excluding hydrogens is 396 g/mol. The second-order valence-corrected chi connectivity index (χ2v) is 7.34. The average Bonchev–Trinajstić information content (AvgIpc) is 2.63. The Morgan fingerprint density at radius 1 is 1.14 bits per heavy atom. The zero-order valence-electron chi connectivity index (χ0n) is 15.7. The minimum absolute atomic E-state index is 0.0178. The molecule has 7 heteroatoms. The number of halogens is 1. The van der Waals surface area contributed by atoms with Crippen LogP contribution in [-0.4, -0.2) is 23.0 Å². The number of para-hydroxylation sites is 1. The molecular formula is C21H19ClN2O3S. The van der Waals surface area contributed by atoms with Gasteiger partial charge in [-0.2, -0.15) is 0 Å². The van der Waals surface area contributed by atoms with Crippen molar-refractivity contribution in [2.24, 2.45) is 0 Å². The van der Waals surface area contributed by atoms with Crippen molar-refractivity contribution < 1.29 is 14.3 Å². The first-order valence-corrected chi connectivity index (χ1v) is 9.50. The second-order valence-electron chi connectivity index (χ2n) is 6.55. The quantitative estimate of drug-likeness (QED) is 0.461. The maximum Gasteiger partial charge on any atom is 0.270 e. The Balaban J connectivity index is 2.06. The molecule has 28 heavy (non-hydrogen) atoms. The van der Waals surface area contributed by atoms with Crippen LogP contribution in [0.15, 0.2) is 48.0 Å². The van der Waals surface area contributed by atoms with Gasteiger partial charge >= 0.3 is 0 Å². The van der Waals surface area contributed by atoms with Crippen LogP contribution < -0.4 is 15.0 Å². The van der Waals surface area contributed by atoms with Crippen molar-refractivity contribution in [1.29, 1.82) is 0 Å². The SMILES string of the molecule is Cc1c(Cl)cccc1N1C(=O)/C(=C/c2ccccc2OC(C)C)C(=O)NC1=S. The molecule has 1 saturated heterocycles. The van der Waals surface area contributed by atoms with Crippen LogP contribution >= 0.6 is 23.8 Å². The maximum absolute atomic E-state index is 13.2. The summed E-state index contributed by atoms with van der Waals surface area (Å²) in [4.78, 5) is 27.0. The lowest BCUT2D eigenvalue weighted by atomic mass is 10.1. The molecule has 3 rings (SSSR count). The minimum Gasteiger partial charge on any atom is -0.490 e. The highest BCUT2D eigenvalue weighted by molar-refractivity contribution is 7.80. The molecule has 1 aliphatic rings. The highest BCUT2D eigenvalue weighted by Crippen LogP contribution is 2.30. The van der Waals surface area contributed by atoms with Gasteiger partial charge in [-0.25, -0.2) is 0 Å². The lowest BCUT2D eigenvalue weighted by Crippen LogP contribution is -2.54. The summed E-state index contributed by atoms with van der Waals surface area (Å²) in [6, 6.07) is 12.4. The summed E-state index contributed by atoms with van der Waals surface area (Å²) in [5.41, 5.74) is 1.82. The Labute approximate surface area is 173 Å². The van der Waals surface area contributed by atoms with E-state index in [1.54, 1.807) is 37.3 Å². The Morgan fingerprint density at radius 2 is 1.86 bits per heavy atom. The Hall–Kier alpha value is -2.70. The van der Waals surface area contributed by atoms with Gasteiger partial charge in [0.2, 0.25) is 0 Å². The first-order valence-electron chi connectivity index (χ1n) is 8.72. The van der Waals surface area contributed by atoms with E-state index in [4.69, 9.17) is 28.6 Å². The number of hydrogen-bond acceptors (Lipinski definition) is 4. The first kappa shape index (κ1) is 20.0. The number of carbonyl (C=O) groups is 2. The van der Waals surface area contributed by atoms with E-state index in [1.165, 1.54) is 11.0 Å². The van der Waals surface area contributed by atoms with Gasteiger partial charge in [0, 0.05) is 10.6 Å². The predicted octanol–water partition coefficient (Wildman–Crippen LogP) is 4.27. The summed E-state index contributed by atoms with van der Waals surface area (Å²) in [6.45, 7) is 5.61. The summed E-state index contributed by atoms with van der Waals surface area (Å²) >= 11 is 11.4. The zero-order chi connectivity index (χ0) is 20.4. The first-order chi connectivity index (χ1) is 13.3. The van der Waals surface area contributed by atoms with Gasteiger partial charge in [0.15, 0.2) is 5.11 Å². The van der Waals surface area contributed by atoms with Crippen molar-refractivity contribution in [2.75, 3.05) is 4.90 Å². The molecule has 0 aromatic heterocycles. The molecule has 0 atom stereocenters. The van der Waals surface area contributed by atoms with Crippen LogP contribution in [0.4, 0.5) is 5.69 Å². The molecule has 0 bridgehead atoms. The van der Waals surface area contributed by atoms with E-state index in [-0.39, 0.29) is 16.8 Å². The molecule has 2 amide bonds. The van der Waals surface area contributed by atoms with Gasteiger partial charge in [-0.3, -0.25) is 19.8 Å². The van der Waals surface area contributed by atoms with E-state index in [0.29, 0.717) is 27.6 Å². The molecule has 1 heterocycles. The van der Waals surface area contributed by atoms with Crippen molar-refractivity contribution in [3.8, 4) is 5.75 Å². The van der Waals surface area contributed by atoms with E-state index >= 15 is 0 Å². The molecule has 0 aliphatic carbocycles. The van der Waals surface area contributed by atoms with Crippen LogP contribution in [0.2, 0.25) is 5.02 Å². The Kier molecular flexibility index (Phi) is 5.82. The number of anilines is 1. The van der Waals surface area contributed by atoms with E-state index < -0.39 is 11.8 Å². The van der Waals surface area contributed by atoms with Gasteiger partial charge in [-0.15, -0.1) is 0 Å². The van der Waals surface area contributed by atoms with Crippen LogP contribution in [0.5, 0.6) is 5.75 Å². The molecule has 144 valence electrons. The molecule has 0 radical (unpaired) electrons. The monoisotopic (exact) mass is 414 g/mol. The van der Waals surface area contributed by atoms with Gasteiger partial charge in [-0.05, 0) is 62.8 Å². The number of carbonyl (C=O) groups excluding carboxylic acids is 2. The number of amides is 2. The third kappa shape index (κ3) is 3.93. The van der Waals surface area contributed by atoms with E-state index in [0.717, 1.165) is 0 Å². The molecule has 1 aliphatic heterocycles. The van der Waals surface area contributed by atoms with E-state index in [2.05, 4.69) is 5.32 Å². The topological polar surface area (TPSA) is 58.6 Å². The molecule has 1 fully saturated rings. The lowest BCUT2D eigenvalue weighted by molar-refractivity contribution is -0.122. The molecule has 2 aromatic rings.